The number of benzene rings is 1. The third-order valence-corrected chi connectivity index (χ3v) is 9.10. The molecule has 1 saturated heterocycles. The molecule has 1 fully saturated rings. The number of likely N-dealkylation sites (tertiary alicyclic amines) is 1. The Balaban J connectivity index is 1.35. The van der Waals surface area contributed by atoms with Crippen LogP contribution in [0.2, 0.25) is 0 Å². The highest BCUT2D eigenvalue weighted by atomic mass is 32.2. The molecular formula is C27H33FN2O3S2. The number of aromatic nitrogens is 1. The first-order valence-corrected chi connectivity index (χ1v) is 13.9. The van der Waals surface area contributed by atoms with Gasteiger partial charge in [0, 0.05) is 41.7 Å². The molecule has 0 unspecified atom stereocenters. The maximum absolute atomic E-state index is 15.5. The second-order valence-corrected chi connectivity index (χ2v) is 11.9. The van der Waals surface area contributed by atoms with E-state index >= 15 is 4.39 Å². The number of methoxy groups -OCH3 is 1. The molecule has 1 aliphatic heterocycles. The van der Waals surface area contributed by atoms with E-state index in [-0.39, 0.29) is 18.3 Å². The van der Waals surface area contributed by atoms with E-state index in [0.717, 1.165) is 42.7 Å². The number of pyridine rings is 1. The molecule has 0 amide bonds. The van der Waals surface area contributed by atoms with Crippen molar-refractivity contribution in [1.29, 1.82) is 0 Å². The van der Waals surface area contributed by atoms with Gasteiger partial charge in [-0.15, -0.1) is 23.1 Å². The molecule has 0 aliphatic carbocycles. The predicted molar refractivity (Wildman–Crippen MR) is 141 cm³/mol. The molecule has 3 aromatic rings. The normalized spacial score (nSPS) is 19.6. The molecule has 3 heterocycles. The van der Waals surface area contributed by atoms with E-state index in [2.05, 4.69) is 28.9 Å². The van der Waals surface area contributed by atoms with Gasteiger partial charge in [0.05, 0.1) is 16.8 Å². The number of ether oxygens (including phenoxy) is 1. The highest BCUT2D eigenvalue weighted by Gasteiger charge is 2.31. The van der Waals surface area contributed by atoms with Crippen molar-refractivity contribution in [3.05, 3.63) is 53.0 Å². The minimum Gasteiger partial charge on any atom is -0.497 e. The summed E-state index contributed by atoms with van der Waals surface area (Å²) in [5.74, 6) is 1.18. The van der Waals surface area contributed by atoms with Crippen molar-refractivity contribution in [2.75, 3.05) is 32.5 Å². The van der Waals surface area contributed by atoms with Gasteiger partial charge >= 0.3 is 5.97 Å². The third-order valence-electron chi connectivity index (χ3n) is 6.89. The van der Waals surface area contributed by atoms with Gasteiger partial charge in [-0.05, 0) is 86.5 Å². The van der Waals surface area contributed by atoms with E-state index in [1.807, 2.05) is 41.3 Å². The second kappa shape index (κ2) is 12.2. The molecule has 8 heteroatoms. The minimum atomic E-state index is -1.12. The van der Waals surface area contributed by atoms with Crippen LogP contribution in [0.25, 0.3) is 10.9 Å². The summed E-state index contributed by atoms with van der Waals surface area (Å²) < 4.78 is 22.1. The summed E-state index contributed by atoms with van der Waals surface area (Å²) in [6.45, 7) is 4.78. The van der Waals surface area contributed by atoms with Gasteiger partial charge < -0.3 is 14.7 Å². The van der Waals surface area contributed by atoms with Gasteiger partial charge in [-0.2, -0.15) is 0 Å². The maximum Gasteiger partial charge on any atom is 0.303 e. The molecular weight excluding hydrogens is 483 g/mol. The van der Waals surface area contributed by atoms with Crippen LogP contribution < -0.4 is 4.74 Å². The van der Waals surface area contributed by atoms with Crippen LogP contribution in [0.4, 0.5) is 4.39 Å². The lowest BCUT2D eigenvalue weighted by Gasteiger charge is -2.38. The largest absolute Gasteiger partial charge is 0.497 e. The number of thioether (sulfide) groups is 1. The van der Waals surface area contributed by atoms with Gasteiger partial charge in [0.1, 0.15) is 11.9 Å². The molecule has 0 spiro atoms. The molecule has 188 valence electrons. The van der Waals surface area contributed by atoms with Crippen molar-refractivity contribution < 1.29 is 19.0 Å². The number of thiophene rings is 1. The quantitative estimate of drug-likeness (QED) is 0.289. The summed E-state index contributed by atoms with van der Waals surface area (Å²) in [6, 6.07) is 11.6. The van der Waals surface area contributed by atoms with Crippen molar-refractivity contribution in [2.24, 2.45) is 11.8 Å². The monoisotopic (exact) mass is 516 g/mol. The van der Waals surface area contributed by atoms with Crippen LogP contribution in [0.1, 0.15) is 42.3 Å². The third kappa shape index (κ3) is 6.96. The first-order chi connectivity index (χ1) is 16.9. The zero-order valence-electron chi connectivity index (χ0n) is 20.3. The molecule has 5 nitrogen and oxygen atoms in total. The van der Waals surface area contributed by atoms with Crippen molar-refractivity contribution in [1.82, 2.24) is 9.88 Å². The number of fused-ring (bicyclic) bond motifs is 1. The van der Waals surface area contributed by atoms with Gasteiger partial charge in [0.2, 0.25) is 0 Å². The van der Waals surface area contributed by atoms with Gasteiger partial charge in [0.15, 0.2) is 0 Å². The van der Waals surface area contributed by atoms with Crippen LogP contribution in [0.5, 0.6) is 5.75 Å². The Morgan fingerprint density at radius 2 is 2.17 bits per heavy atom. The summed E-state index contributed by atoms with van der Waals surface area (Å²) in [7, 11) is 1.60. The van der Waals surface area contributed by atoms with E-state index in [1.165, 1.54) is 9.09 Å². The van der Waals surface area contributed by atoms with E-state index < -0.39 is 12.1 Å². The lowest BCUT2D eigenvalue weighted by molar-refractivity contribution is -0.139. The van der Waals surface area contributed by atoms with Gasteiger partial charge in [-0.3, -0.25) is 9.78 Å². The summed E-state index contributed by atoms with van der Waals surface area (Å²) in [5, 5.41) is 10.3. The summed E-state index contributed by atoms with van der Waals surface area (Å²) in [6.07, 6.45) is 2.65. The number of carboxylic acid groups (broad SMARTS) is 1. The van der Waals surface area contributed by atoms with Crippen LogP contribution in [-0.4, -0.2) is 53.5 Å². The van der Waals surface area contributed by atoms with Crippen molar-refractivity contribution in [3.8, 4) is 5.75 Å². The smallest absolute Gasteiger partial charge is 0.303 e. The van der Waals surface area contributed by atoms with Crippen LogP contribution in [0.3, 0.4) is 0 Å². The Morgan fingerprint density at radius 3 is 2.91 bits per heavy atom. The number of rotatable bonds is 11. The molecule has 3 atom stereocenters. The van der Waals surface area contributed by atoms with E-state index in [1.54, 1.807) is 19.4 Å². The first kappa shape index (κ1) is 25.9. The van der Waals surface area contributed by atoms with Gasteiger partial charge in [-0.25, -0.2) is 4.39 Å². The highest BCUT2D eigenvalue weighted by Crippen LogP contribution is 2.36. The van der Waals surface area contributed by atoms with Crippen molar-refractivity contribution in [2.45, 2.75) is 43.0 Å². The highest BCUT2D eigenvalue weighted by molar-refractivity contribution is 8.01. The molecule has 0 bridgehead atoms. The summed E-state index contributed by atoms with van der Waals surface area (Å²) in [4.78, 5) is 19.6. The fraction of sp³-hybridized carbons (Fsp3) is 0.481. The number of carbonyl (C=O) groups is 1. The number of carboxylic acids is 1. The fourth-order valence-electron chi connectivity index (χ4n) is 5.02. The zero-order valence-corrected chi connectivity index (χ0v) is 21.9. The van der Waals surface area contributed by atoms with Gasteiger partial charge in [0.25, 0.3) is 0 Å². The zero-order chi connectivity index (χ0) is 24.8. The number of halogens is 1. The second-order valence-electron chi connectivity index (χ2n) is 9.25. The van der Waals surface area contributed by atoms with Crippen molar-refractivity contribution in [3.63, 3.8) is 0 Å². The Labute approximate surface area is 214 Å². The fourth-order valence-corrected chi connectivity index (χ4v) is 7.21. The molecule has 1 N–H and O–H groups in total. The van der Waals surface area contributed by atoms with Crippen LogP contribution in [0, 0.1) is 18.8 Å². The minimum absolute atomic E-state index is 0.0525. The SMILES string of the molecule is COc1ccc2nccc([C@H](F)CC[C@@H]3CCN(CCSc4ccc(C)s4)C[C@@H]3CC(=O)O)c2c1. The number of nitrogens with zero attached hydrogens (tertiary/aromatic N) is 2. The number of piperidine rings is 1. The maximum atomic E-state index is 15.5. The number of hydrogen-bond donors (Lipinski definition) is 1. The Kier molecular flexibility index (Phi) is 9.03. The number of aryl methyl sites for hydroxylation is 1. The lowest BCUT2D eigenvalue weighted by atomic mass is 9.79. The summed E-state index contributed by atoms with van der Waals surface area (Å²) >= 11 is 3.68. The summed E-state index contributed by atoms with van der Waals surface area (Å²) in [5.41, 5.74) is 1.38. The average Bonchev–Trinajstić information content (AvgIpc) is 3.27. The standard InChI is InChI=1S/C27H33FN2O3S2/c1-18-3-8-27(35-18)34-14-13-30-12-10-19(20(17-30)15-26(31)32)4-6-24(28)22-9-11-29-25-7-5-21(33-2)16-23(22)25/h3,5,7-9,11,16,19-20,24H,4,6,10,12-15,17H2,1-2H3,(H,31,32)/t19-,20+,24-/m1/s1. The van der Waals surface area contributed by atoms with Crippen LogP contribution in [0.15, 0.2) is 46.8 Å². The Morgan fingerprint density at radius 1 is 1.31 bits per heavy atom. The lowest BCUT2D eigenvalue weighted by Crippen LogP contribution is -2.42. The molecule has 1 aliphatic rings. The van der Waals surface area contributed by atoms with E-state index in [4.69, 9.17) is 4.74 Å². The molecule has 0 radical (unpaired) electrons. The van der Waals surface area contributed by atoms with E-state index in [9.17, 15) is 9.90 Å². The van der Waals surface area contributed by atoms with Gasteiger partial charge in [-0.1, -0.05) is 0 Å². The topological polar surface area (TPSA) is 62.7 Å². The predicted octanol–water partition coefficient (Wildman–Crippen LogP) is 6.61. The molecule has 35 heavy (non-hydrogen) atoms. The first-order valence-electron chi connectivity index (χ1n) is 12.1. The molecule has 4 rings (SSSR count). The average molecular weight is 517 g/mol. The van der Waals surface area contributed by atoms with E-state index in [0.29, 0.717) is 24.2 Å². The van der Waals surface area contributed by atoms with Crippen molar-refractivity contribution >= 4 is 40.0 Å². The number of hydrogen-bond acceptors (Lipinski definition) is 6. The Hall–Kier alpha value is -2.16. The molecule has 2 aromatic heterocycles. The Bertz CT molecular complexity index is 1140. The number of aliphatic carboxylic acids is 1. The number of alkyl halides is 1. The molecule has 1 aromatic carbocycles. The van der Waals surface area contributed by atoms with Crippen LogP contribution in [-0.2, 0) is 4.79 Å². The van der Waals surface area contributed by atoms with Crippen LogP contribution >= 0.6 is 23.1 Å². The molecule has 0 saturated carbocycles.